The van der Waals surface area contributed by atoms with Gasteiger partial charge in [0.2, 0.25) is 5.91 Å². The highest BCUT2D eigenvalue weighted by molar-refractivity contribution is 5.86. The molecule has 182 valence electrons. The average Bonchev–Trinajstić information content (AvgIpc) is 3.11. The van der Waals surface area contributed by atoms with Crippen molar-refractivity contribution >= 4 is 18.0 Å². The number of hydrogen-bond acceptors (Lipinski definition) is 4. The Labute approximate surface area is 194 Å². The zero-order valence-corrected chi connectivity index (χ0v) is 18.2. The van der Waals surface area contributed by atoms with Gasteiger partial charge in [-0.3, -0.25) is 9.59 Å². The number of amides is 2. The standard InChI is InChI=1S/C24H25F3N2O5/c25-24(26,27)12-5-13-28-22(32)20(10-11-21(30)31)29-23(33)34-14-19-17-8-3-1-6-15(17)16-7-2-4-9-18(16)19/h1-4,6-9,19-20H,5,10-14H2,(H,28,32)(H,29,33)(H,30,31). The van der Waals surface area contributed by atoms with Gasteiger partial charge in [0.1, 0.15) is 12.6 Å². The van der Waals surface area contributed by atoms with E-state index in [1.807, 2.05) is 48.5 Å². The molecule has 0 aliphatic heterocycles. The molecule has 34 heavy (non-hydrogen) atoms. The molecule has 0 spiro atoms. The number of alkyl halides is 3. The topological polar surface area (TPSA) is 105 Å². The fraction of sp³-hybridized carbons (Fsp3) is 0.375. The number of fused-ring (bicyclic) bond motifs is 3. The number of carboxylic acids is 1. The van der Waals surface area contributed by atoms with Crippen molar-refractivity contribution in [2.75, 3.05) is 13.2 Å². The van der Waals surface area contributed by atoms with Gasteiger partial charge < -0.3 is 20.5 Å². The molecule has 3 rings (SSSR count). The van der Waals surface area contributed by atoms with Crippen LogP contribution in [-0.2, 0) is 14.3 Å². The molecule has 2 amide bonds. The lowest BCUT2D eigenvalue weighted by atomic mass is 9.98. The number of halogens is 3. The first-order valence-electron chi connectivity index (χ1n) is 10.8. The number of alkyl carbamates (subject to hydrolysis) is 1. The summed E-state index contributed by atoms with van der Waals surface area (Å²) in [6, 6.07) is 14.2. The van der Waals surface area contributed by atoms with Crippen LogP contribution in [0, 0.1) is 0 Å². The van der Waals surface area contributed by atoms with Gasteiger partial charge in [-0.05, 0) is 35.1 Å². The van der Waals surface area contributed by atoms with Crippen LogP contribution in [0.15, 0.2) is 48.5 Å². The van der Waals surface area contributed by atoms with Crippen LogP contribution in [0.2, 0.25) is 0 Å². The van der Waals surface area contributed by atoms with Crippen LogP contribution in [0.1, 0.15) is 42.7 Å². The Morgan fingerprint density at radius 1 is 1.00 bits per heavy atom. The van der Waals surface area contributed by atoms with Crippen molar-refractivity contribution in [3.8, 4) is 11.1 Å². The predicted molar refractivity (Wildman–Crippen MR) is 117 cm³/mol. The molecule has 1 aliphatic rings. The van der Waals surface area contributed by atoms with Gasteiger partial charge in [0.15, 0.2) is 0 Å². The zero-order valence-electron chi connectivity index (χ0n) is 18.2. The number of benzene rings is 2. The highest BCUT2D eigenvalue weighted by Gasteiger charge is 2.30. The molecular formula is C24H25F3N2O5. The second-order valence-electron chi connectivity index (χ2n) is 7.96. The van der Waals surface area contributed by atoms with Crippen LogP contribution in [0.5, 0.6) is 0 Å². The molecule has 1 aliphatic carbocycles. The smallest absolute Gasteiger partial charge is 0.407 e. The maximum atomic E-state index is 12.4. The van der Waals surface area contributed by atoms with Crippen LogP contribution in [0.3, 0.4) is 0 Å². The summed E-state index contributed by atoms with van der Waals surface area (Å²) in [7, 11) is 0. The third-order valence-electron chi connectivity index (χ3n) is 5.54. The van der Waals surface area contributed by atoms with Crippen LogP contribution < -0.4 is 10.6 Å². The van der Waals surface area contributed by atoms with Gasteiger partial charge in [-0.15, -0.1) is 0 Å². The van der Waals surface area contributed by atoms with Gasteiger partial charge in [-0.25, -0.2) is 4.79 Å². The third kappa shape index (κ3) is 6.72. The Hall–Kier alpha value is -3.56. The Balaban J connectivity index is 1.59. The first kappa shape index (κ1) is 25.1. The highest BCUT2D eigenvalue weighted by atomic mass is 19.4. The Morgan fingerprint density at radius 3 is 2.15 bits per heavy atom. The van der Waals surface area contributed by atoms with Crippen LogP contribution in [0.25, 0.3) is 11.1 Å². The molecule has 0 saturated carbocycles. The van der Waals surface area contributed by atoms with Crippen LogP contribution in [-0.4, -0.2) is 48.4 Å². The number of nitrogens with one attached hydrogen (secondary N) is 2. The number of ether oxygens (including phenoxy) is 1. The fourth-order valence-corrected chi connectivity index (χ4v) is 3.94. The van der Waals surface area contributed by atoms with Gasteiger partial charge in [0.25, 0.3) is 0 Å². The van der Waals surface area contributed by atoms with E-state index in [2.05, 4.69) is 10.6 Å². The molecule has 0 radical (unpaired) electrons. The van der Waals surface area contributed by atoms with E-state index in [0.717, 1.165) is 22.3 Å². The number of carboxylic acid groups (broad SMARTS) is 1. The van der Waals surface area contributed by atoms with Crippen molar-refractivity contribution in [1.29, 1.82) is 0 Å². The highest BCUT2D eigenvalue weighted by Crippen LogP contribution is 2.44. The number of hydrogen-bond donors (Lipinski definition) is 3. The fourth-order valence-electron chi connectivity index (χ4n) is 3.94. The molecule has 1 unspecified atom stereocenters. The van der Waals surface area contributed by atoms with E-state index in [9.17, 15) is 27.6 Å². The summed E-state index contributed by atoms with van der Waals surface area (Å²) >= 11 is 0. The molecule has 0 heterocycles. The van der Waals surface area contributed by atoms with E-state index in [-0.39, 0.29) is 31.9 Å². The second kappa shape index (κ2) is 11.0. The number of aliphatic carboxylic acids is 1. The number of carbonyl (C=O) groups excluding carboxylic acids is 2. The van der Waals surface area contributed by atoms with Crippen molar-refractivity contribution in [3.63, 3.8) is 0 Å². The molecule has 0 bridgehead atoms. The molecule has 2 aromatic rings. The molecular weight excluding hydrogens is 453 g/mol. The molecule has 2 aromatic carbocycles. The van der Waals surface area contributed by atoms with Gasteiger partial charge in [0.05, 0.1) is 0 Å². The van der Waals surface area contributed by atoms with Crippen molar-refractivity contribution < 1.29 is 37.4 Å². The summed E-state index contributed by atoms with van der Waals surface area (Å²) in [5.74, 6) is -2.15. The quantitative estimate of drug-likeness (QED) is 0.444. The summed E-state index contributed by atoms with van der Waals surface area (Å²) in [5, 5.41) is 13.6. The summed E-state index contributed by atoms with van der Waals surface area (Å²) in [6.07, 6.45) is -7.29. The predicted octanol–water partition coefficient (Wildman–Crippen LogP) is 4.22. The minimum absolute atomic E-state index is 0.00128. The Morgan fingerprint density at radius 2 is 1.59 bits per heavy atom. The molecule has 3 N–H and O–H groups in total. The second-order valence-corrected chi connectivity index (χ2v) is 7.96. The molecule has 1 atom stereocenters. The summed E-state index contributed by atoms with van der Waals surface area (Å²) < 4.78 is 42.2. The van der Waals surface area contributed by atoms with Gasteiger partial charge in [0, 0.05) is 25.3 Å². The average molecular weight is 478 g/mol. The van der Waals surface area contributed by atoms with Crippen LogP contribution >= 0.6 is 0 Å². The number of rotatable bonds is 10. The molecule has 7 nitrogen and oxygen atoms in total. The first-order valence-corrected chi connectivity index (χ1v) is 10.8. The van der Waals surface area contributed by atoms with Gasteiger partial charge >= 0.3 is 18.2 Å². The summed E-state index contributed by atoms with van der Waals surface area (Å²) in [6.45, 7) is -0.257. The lowest BCUT2D eigenvalue weighted by Crippen LogP contribution is -2.47. The molecule has 0 fully saturated rings. The molecule has 0 saturated heterocycles. The Bertz CT molecular complexity index is 996. The zero-order chi connectivity index (χ0) is 24.7. The minimum Gasteiger partial charge on any atom is -0.481 e. The van der Waals surface area contributed by atoms with Crippen molar-refractivity contribution in [1.82, 2.24) is 10.6 Å². The largest absolute Gasteiger partial charge is 0.481 e. The first-order chi connectivity index (χ1) is 16.2. The maximum Gasteiger partial charge on any atom is 0.407 e. The van der Waals surface area contributed by atoms with Crippen LogP contribution in [0.4, 0.5) is 18.0 Å². The monoisotopic (exact) mass is 478 g/mol. The van der Waals surface area contributed by atoms with E-state index in [4.69, 9.17) is 9.84 Å². The third-order valence-corrected chi connectivity index (χ3v) is 5.54. The van der Waals surface area contributed by atoms with Crippen molar-refractivity contribution in [3.05, 3.63) is 59.7 Å². The normalized spacial score (nSPS) is 13.5. The van der Waals surface area contributed by atoms with E-state index in [1.54, 1.807) is 0 Å². The van der Waals surface area contributed by atoms with E-state index in [1.165, 1.54) is 0 Å². The van der Waals surface area contributed by atoms with E-state index in [0.29, 0.717) is 0 Å². The summed E-state index contributed by atoms with van der Waals surface area (Å²) in [4.78, 5) is 35.7. The molecule has 0 aromatic heterocycles. The van der Waals surface area contributed by atoms with Crippen molar-refractivity contribution in [2.24, 2.45) is 0 Å². The maximum absolute atomic E-state index is 12.4. The summed E-state index contributed by atoms with van der Waals surface area (Å²) in [5.41, 5.74) is 4.09. The molecule has 10 heteroatoms. The minimum atomic E-state index is -4.34. The van der Waals surface area contributed by atoms with Gasteiger partial charge in [-0.2, -0.15) is 13.2 Å². The van der Waals surface area contributed by atoms with Crippen molar-refractivity contribution in [2.45, 2.75) is 43.8 Å². The van der Waals surface area contributed by atoms with E-state index < -0.39 is 43.0 Å². The van der Waals surface area contributed by atoms with Gasteiger partial charge in [-0.1, -0.05) is 48.5 Å². The number of carbonyl (C=O) groups is 3. The lowest BCUT2D eigenvalue weighted by molar-refractivity contribution is -0.138. The SMILES string of the molecule is O=C(O)CCC(NC(=O)OCC1c2ccccc2-c2ccccc21)C(=O)NCCCC(F)(F)F. The van der Waals surface area contributed by atoms with E-state index >= 15 is 0 Å². The lowest BCUT2D eigenvalue weighted by Gasteiger charge is -2.19. The Kier molecular flexibility index (Phi) is 8.14.